The summed E-state index contributed by atoms with van der Waals surface area (Å²) in [6.07, 6.45) is -3.90. The van der Waals surface area contributed by atoms with Crippen LogP contribution in [0, 0.1) is 0 Å². The molecule has 0 heterocycles. The van der Waals surface area contributed by atoms with E-state index in [0.29, 0.717) is 25.4 Å². The first-order valence-electron chi connectivity index (χ1n) is 6.03. The lowest BCUT2D eigenvalue weighted by Gasteiger charge is -2.21. The number of hydrogen-bond donors (Lipinski definition) is 0. The fourth-order valence-corrected chi connectivity index (χ4v) is 2.30. The largest absolute Gasteiger partial charge is 0.417 e. The Kier molecular flexibility index (Phi) is 6.33. The highest BCUT2D eigenvalue weighted by Gasteiger charge is 2.33. The summed E-state index contributed by atoms with van der Waals surface area (Å²) in [5.41, 5.74) is -0.825. The molecule has 1 aromatic rings. The Morgan fingerprint density at radius 2 is 2.05 bits per heavy atom. The predicted octanol–water partition coefficient (Wildman–Crippen LogP) is 4.56. The topological polar surface area (TPSA) is 20.3 Å². The lowest BCUT2D eigenvalue weighted by Crippen LogP contribution is -2.32. The van der Waals surface area contributed by atoms with Gasteiger partial charge in [0, 0.05) is 29.0 Å². The van der Waals surface area contributed by atoms with Gasteiger partial charge < -0.3 is 4.90 Å². The lowest BCUT2D eigenvalue weighted by atomic mass is 10.1. The maximum Gasteiger partial charge on any atom is 0.417 e. The summed E-state index contributed by atoms with van der Waals surface area (Å²) in [5.74, 6) is -0.0200. The van der Waals surface area contributed by atoms with Gasteiger partial charge >= 0.3 is 6.18 Å². The lowest BCUT2D eigenvalue weighted by molar-refractivity contribution is -0.138. The Morgan fingerprint density at radius 3 is 2.55 bits per heavy atom. The number of alkyl halides is 4. The van der Waals surface area contributed by atoms with Crippen molar-refractivity contribution in [3.8, 4) is 0 Å². The zero-order chi connectivity index (χ0) is 15.3. The van der Waals surface area contributed by atoms with E-state index in [1.165, 1.54) is 17.0 Å². The van der Waals surface area contributed by atoms with Crippen molar-refractivity contribution in [3.63, 3.8) is 0 Å². The van der Waals surface area contributed by atoms with E-state index < -0.39 is 17.6 Å². The maximum atomic E-state index is 12.8. The maximum absolute atomic E-state index is 12.8. The Labute approximate surface area is 129 Å². The van der Waals surface area contributed by atoms with E-state index in [0.717, 1.165) is 6.07 Å². The van der Waals surface area contributed by atoms with Crippen LogP contribution in [0.25, 0.3) is 0 Å². The molecule has 0 radical (unpaired) electrons. The van der Waals surface area contributed by atoms with Crippen molar-refractivity contribution in [2.75, 3.05) is 19.0 Å². The van der Waals surface area contributed by atoms with Crippen molar-refractivity contribution in [1.82, 2.24) is 4.90 Å². The standard InChI is InChI=1S/C13H14BrClF3NO/c1-2-19(7-3-6-15)12(20)9-4-5-11(14)10(8-9)13(16,17)18/h4-5,8H,2-3,6-7H2,1H3. The highest BCUT2D eigenvalue weighted by Crippen LogP contribution is 2.35. The molecule has 0 atom stereocenters. The molecule has 0 spiro atoms. The Bertz CT molecular complexity index is 479. The summed E-state index contributed by atoms with van der Waals surface area (Å²) in [5, 5.41) is 0. The molecule has 0 aliphatic carbocycles. The molecule has 0 aliphatic rings. The minimum atomic E-state index is -4.50. The average molecular weight is 373 g/mol. The molecular formula is C13H14BrClF3NO. The van der Waals surface area contributed by atoms with Crippen LogP contribution in [0.4, 0.5) is 13.2 Å². The van der Waals surface area contributed by atoms with Crippen LogP contribution < -0.4 is 0 Å². The van der Waals surface area contributed by atoms with Crippen LogP contribution in [0.1, 0.15) is 29.3 Å². The molecule has 20 heavy (non-hydrogen) atoms. The van der Waals surface area contributed by atoms with Gasteiger partial charge in [0.05, 0.1) is 5.56 Å². The van der Waals surface area contributed by atoms with Gasteiger partial charge in [-0.1, -0.05) is 15.9 Å². The molecule has 0 saturated carbocycles. The normalized spacial score (nSPS) is 11.5. The first-order chi connectivity index (χ1) is 9.31. The van der Waals surface area contributed by atoms with Crippen molar-refractivity contribution >= 4 is 33.4 Å². The van der Waals surface area contributed by atoms with Crippen LogP contribution in [0.2, 0.25) is 0 Å². The van der Waals surface area contributed by atoms with Crippen molar-refractivity contribution in [2.24, 2.45) is 0 Å². The zero-order valence-corrected chi connectivity index (χ0v) is 13.1. The summed E-state index contributed by atoms with van der Waals surface area (Å²) >= 11 is 8.42. The second-order valence-electron chi connectivity index (χ2n) is 4.12. The molecule has 112 valence electrons. The molecule has 2 nitrogen and oxygen atoms in total. The summed E-state index contributed by atoms with van der Waals surface area (Å²) < 4.78 is 38.3. The summed E-state index contributed by atoms with van der Waals surface area (Å²) in [4.78, 5) is 13.7. The fourth-order valence-electron chi connectivity index (χ4n) is 1.71. The highest BCUT2D eigenvalue weighted by atomic mass is 79.9. The molecule has 7 heteroatoms. The first-order valence-corrected chi connectivity index (χ1v) is 7.36. The minimum absolute atomic E-state index is 0.0250. The zero-order valence-electron chi connectivity index (χ0n) is 10.8. The van der Waals surface area contributed by atoms with Gasteiger partial charge in [-0.05, 0) is 31.5 Å². The van der Waals surface area contributed by atoms with Crippen LogP contribution in [0.5, 0.6) is 0 Å². The van der Waals surface area contributed by atoms with E-state index in [1.807, 2.05) is 0 Å². The number of hydrogen-bond acceptors (Lipinski definition) is 1. The van der Waals surface area contributed by atoms with E-state index in [9.17, 15) is 18.0 Å². The Morgan fingerprint density at radius 1 is 1.40 bits per heavy atom. The van der Waals surface area contributed by atoms with Crippen molar-refractivity contribution in [2.45, 2.75) is 19.5 Å². The molecule has 0 bridgehead atoms. The number of benzene rings is 1. The number of amides is 1. The number of carbonyl (C=O) groups excluding carboxylic acids is 1. The van der Waals surface area contributed by atoms with Crippen LogP contribution >= 0.6 is 27.5 Å². The Hall–Kier alpha value is -0.750. The van der Waals surface area contributed by atoms with Gasteiger partial charge in [0.2, 0.25) is 0 Å². The number of nitrogens with zero attached hydrogens (tertiary/aromatic N) is 1. The van der Waals surface area contributed by atoms with E-state index in [2.05, 4.69) is 15.9 Å². The SMILES string of the molecule is CCN(CCCCl)C(=O)c1ccc(Br)c(C(F)(F)F)c1. The van der Waals surface area contributed by atoms with Gasteiger partial charge in [-0.15, -0.1) is 11.6 Å². The number of carbonyl (C=O) groups is 1. The third kappa shape index (κ3) is 4.38. The monoisotopic (exact) mass is 371 g/mol. The van der Waals surface area contributed by atoms with Crippen LogP contribution in [0.15, 0.2) is 22.7 Å². The summed E-state index contributed by atoms with van der Waals surface area (Å²) in [7, 11) is 0. The van der Waals surface area contributed by atoms with Gasteiger partial charge in [-0.3, -0.25) is 4.79 Å². The molecule has 1 rings (SSSR count). The minimum Gasteiger partial charge on any atom is -0.339 e. The number of rotatable bonds is 5. The van der Waals surface area contributed by atoms with Gasteiger partial charge in [0.15, 0.2) is 0 Å². The molecule has 0 fully saturated rings. The Balaban J connectivity index is 3.04. The van der Waals surface area contributed by atoms with Gasteiger partial charge in [-0.2, -0.15) is 13.2 Å². The smallest absolute Gasteiger partial charge is 0.339 e. The molecule has 0 aliphatic heterocycles. The first kappa shape index (κ1) is 17.3. The third-order valence-electron chi connectivity index (χ3n) is 2.75. The van der Waals surface area contributed by atoms with Crippen LogP contribution in [0.3, 0.4) is 0 Å². The van der Waals surface area contributed by atoms with E-state index in [4.69, 9.17) is 11.6 Å². The highest BCUT2D eigenvalue weighted by molar-refractivity contribution is 9.10. The average Bonchev–Trinajstić information content (AvgIpc) is 2.38. The van der Waals surface area contributed by atoms with E-state index >= 15 is 0 Å². The molecule has 0 aromatic heterocycles. The number of halogens is 5. The molecule has 1 aromatic carbocycles. The van der Waals surface area contributed by atoms with Crippen molar-refractivity contribution in [1.29, 1.82) is 0 Å². The van der Waals surface area contributed by atoms with E-state index in [-0.39, 0.29) is 10.0 Å². The molecular weight excluding hydrogens is 358 g/mol. The van der Waals surface area contributed by atoms with Gasteiger partial charge in [0.1, 0.15) is 0 Å². The third-order valence-corrected chi connectivity index (χ3v) is 3.71. The predicted molar refractivity (Wildman–Crippen MR) is 76.1 cm³/mol. The van der Waals surface area contributed by atoms with Crippen molar-refractivity contribution < 1.29 is 18.0 Å². The fraction of sp³-hybridized carbons (Fsp3) is 0.462. The molecule has 1 amide bonds. The second-order valence-corrected chi connectivity index (χ2v) is 5.35. The molecule has 0 unspecified atom stereocenters. The van der Waals surface area contributed by atoms with Crippen molar-refractivity contribution in [3.05, 3.63) is 33.8 Å². The van der Waals surface area contributed by atoms with Gasteiger partial charge in [0.25, 0.3) is 5.91 Å². The van der Waals surface area contributed by atoms with Crippen LogP contribution in [-0.4, -0.2) is 29.8 Å². The quantitative estimate of drug-likeness (QED) is 0.694. The summed E-state index contributed by atoms with van der Waals surface area (Å²) in [6.45, 7) is 2.62. The summed E-state index contributed by atoms with van der Waals surface area (Å²) in [6, 6.07) is 3.49. The molecule has 0 saturated heterocycles. The molecule has 0 N–H and O–H groups in total. The van der Waals surface area contributed by atoms with Crippen LogP contribution in [-0.2, 0) is 6.18 Å². The van der Waals surface area contributed by atoms with E-state index in [1.54, 1.807) is 6.92 Å². The second kappa shape index (κ2) is 7.31. The van der Waals surface area contributed by atoms with Gasteiger partial charge in [-0.25, -0.2) is 0 Å².